The number of nitrogens with zero attached hydrogens (tertiary/aromatic N) is 3. The van der Waals surface area contributed by atoms with Gasteiger partial charge in [0, 0.05) is 51.6 Å². The van der Waals surface area contributed by atoms with Crippen molar-refractivity contribution in [1.29, 1.82) is 0 Å². The van der Waals surface area contributed by atoms with Gasteiger partial charge in [0.2, 0.25) is 11.8 Å². The van der Waals surface area contributed by atoms with E-state index in [4.69, 9.17) is 4.74 Å². The lowest BCUT2D eigenvalue weighted by molar-refractivity contribution is -0.141. The highest BCUT2D eigenvalue weighted by atomic mass is 16.5. The van der Waals surface area contributed by atoms with Gasteiger partial charge in [-0.05, 0) is 44.0 Å². The molecular formula is C22H31N3O3. The highest BCUT2D eigenvalue weighted by molar-refractivity contribution is 5.87. The second-order valence-electron chi connectivity index (χ2n) is 8.67. The molecule has 28 heavy (non-hydrogen) atoms. The van der Waals surface area contributed by atoms with Crippen LogP contribution in [-0.4, -0.2) is 79.9 Å². The molecule has 0 unspecified atom stereocenters. The lowest BCUT2D eigenvalue weighted by Crippen LogP contribution is -2.49. The van der Waals surface area contributed by atoms with Gasteiger partial charge in [0.15, 0.2) is 0 Å². The van der Waals surface area contributed by atoms with E-state index in [0.29, 0.717) is 19.5 Å². The number of hydrogen-bond acceptors (Lipinski definition) is 4. The summed E-state index contributed by atoms with van der Waals surface area (Å²) in [7, 11) is 3.74. The average molecular weight is 386 g/mol. The molecule has 0 aromatic heterocycles. The van der Waals surface area contributed by atoms with Crippen molar-refractivity contribution in [3.8, 4) is 5.75 Å². The summed E-state index contributed by atoms with van der Waals surface area (Å²) >= 11 is 0. The monoisotopic (exact) mass is 385 g/mol. The fourth-order valence-corrected chi connectivity index (χ4v) is 5.25. The van der Waals surface area contributed by atoms with E-state index in [0.717, 1.165) is 56.8 Å². The Morgan fingerprint density at radius 2 is 1.79 bits per heavy atom. The minimum atomic E-state index is -0.394. The van der Waals surface area contributed by atoms with Crippen molar-refractivity contribution in [2.75, 3.05) is 53.4 Å². The molecule has 6 heteroatoms. The van der Waals surface area contributed by atoms with E-state index < -0.39 is 5.41 Å². The lowest BCUT2D eigenvalue weighted by atomic mass is 9.79. The van der Waals surface area contributed by atoms with Gasteiger partial charge >= 0.3 is 0 Å². The molecule has 0 bridgehead atoms. The van der Waals surface area contributed by atoms with Crippen LogP contribution in [-0.2, 0) is 16.0 Å². The predicted molar refractivity (Wildman–Crippen MR) is 107 cm³/mol. The summed E-state index contributed by atoms with van der Waals surface area (Å²) in [6, 6.07) is 7.88. The molecule has 0 spiro atoms. The molecule has 3 saturated heterocycles. The summed E-state index contributed by atoms with van der Waals surface area (Å²) in [5, 5.41) is 0. The first-order valence-corrected chi connectivity index (χ1v) is 10.4. The number of aryl methyl sites for hydroxylation is 1. The molecule has 4 rings (SSSR count). The summed E-state index contributed by atoms with van der Waals surface area (Å²) < 4.78 is 5.19. The van der Waals surface area contributed by atoms with Crippen LogP contribution in [0, 0.1) is 11.3 Å². The van der Waals surface area contributed by atoms with Gasteiger partial charge in [-0.1, -0.05) is 12.1 Å². The molecule has 152 valence electrons. The molecule has 2 amide bonds. The average Bonchev–Trinajstić information content (AvgIpc) is 3.41. The fourth-order valence-electron chi connectivity index (χ4n) is 5.25. The minimum absolute atomic E-state index is 0.168. The van der Waals surface area contributed by atoms with Gasteiger partial charge in [-0.2, -0.15) is 0 Å². The quantitative estimate of drug-likeness (QED) is 0.773. The summed E-state index contributed by atoms with van der Waals surface area (Å²) in [6.07, 6.45) is 3.42. The van der Waals surface area contributed by atoms with Crippen LogP contribution in [0.5, 0.6) is 5.75 Å². The highest BCUT2D eigenvalue weighted by Gasteiger charge is 2.58. The van der Waals surface area contributed by atoms with Crippen molar-refractivity contribution >= 4 is 11.8 Å². The third-order valence-electron chi connectivity index (χ3n) is 6.74. The van der Waals surface area contributed by atoms with Crippen LogP contribution >= 0.6 is 0 Å². The number of likely N-dealkylation sites (tertiary alicyclic amines) is 3. The van der Waals surface area contributed by atoms with Crippen molar-refractivity contribution in [3.63, 3.8) is 0 Å². The standard InChI is InChI=1S/C22H31N3O3/c1-23-13-18-14-25(16-22(18,15-23)21(27)24-11-3-4-12-24)20(26)10-7-17-5-8-19(28-2)9-6-17/h5-6,8-9,18H,3-4,7,10-16H2,1-2H3/t18-,22-/m0/s1. The molecule has 3 heterocycles. The Morgan fingerprint density at radius 3 is 2.46 bits per heavy atom. The minimum Gasteiger partial charge on any atom is -0.497 e. The number of carbonyl (C=O) groups excluding carboxylic acids is 2. The first-order chi connectivity index (χ1) is 13.5. The zero-order valence-electron chi connectivity index (χ0n) is 17.0. The molecule has 0 N–H and O–H groups in total. The third-order valence-corrected chi connectivity index (χ3v) is 6.74. The van der Waals surface area contributed by atoms with Gasteiger partial charge in [-0.3, -0.25) is 9.59 Å². The van der Waals surface area contributed by atoms with Crippen molar-refractivity contribution in [3.05, 3.63) is 29.8 Å². The first-order valence-electron chi connectivity index (χ1n) is 10.4. The summed E-state index contributed by atoms with van der Waals surface area (Å²) in [6.45, 7) is 4.73. The van der Waals surface area contributed by atoms with Gasteiger partial charge in [-0.15, -0.1) is 0 Å². The van der Waals surface area contributed by atoms with E-state index in [-0.39, 0.29) is 17.7 Å². The number of fused-ring (bicyclic) bond motifs is 1. The van der Waals surface area contributed by atoms with Gasteiger partial charge in [-0.25, -0.2) is 0 Å². The van der Waals surface area contributed by atoms with Crippen molar-refractivity contribution in [2.45, 2.75) is 25.7 Å². The van der Waals surface area contributed by atoms with E-state index in [1.54, 1.807) is 7.11 Å². The molecule has 3 aliphatic heterocycles. The van der Waals surface area contributed by atoms with Crippen molar-refractivity contribution in [1.82, 2.24) is 14.7 Å². The molecule has 3 aliphatic rings. The molecule has 1 aromatic carbocycles. The molecule has 0 radical (unpaired) electrons. The van der Waals surface area contributed by atoms with Crippen LogP contribution in [0.3, 0.4) is 0 Å². The zero-order chi connectivity index (χ0) is 19.7. The Kier molecular flexibility index (Phi) is 5.32. The topological polar surface area (TPSA) is 53.1 Å². The number of carbonyl (C=O) groups is 2. The number of hydrogen-bond donors (Lipinski definition) is 0. The van der Waals surface area contributed by atoms with Crippen LogP contribution in [0.1, 0.15) is 24.8 Å². The Hall–Kier alpha value is -2.08. The highest BCUT2D eigenvalue weighted by Crippen LogP contribution is 2.44. The summed E-state index contributed by atoms with van der Waals surface area (Å²) in [4.78, 5) is 32.5. The maximum atomic E-state index is 13.4. The van der Waals surface area contributed by atoms with Crippen LogP contribution in [0.15, 0.2) is 24.3 Å². The smallest absolute Gasteiger partial charge is 0.232 e. The van der Waals surface area contributed by atoms with Gasteiger partial charge < -0.3 is 19.4 Å². The second kappa shape index (κ2) is 7.74. The Balaban J connectivity index is 1.40. The van der Waals surface area contributed by atoms with Crippen molar-refractivity contribution in [2.24, 2.45) is 11.3 Å². The Bertz CT molecular complexity index is 729. The number of amides is 2. The largest absolute Gasteiger partial charge is 0.497 e. The molecular weight excluding hydrogens is 354 g/mol. The van der Waals surface area contributed by atoms with Gasteiger partial charge in [0.05, 0.1) is 12.5 Å². The number of rotatable bonds is 5. The fraction of sp³-hybridized carbons (Fsp3) is 0.636. The molecule has 0 aliphatic carbocycles. The van der Waals surface area contributed by atoms with Crippen LogP contribution in [0.4, 0.5) is 0 Å². The van der Waals surface area contributed by atoms with E-state index in [1.807, 2.05) is 34.1 Å². The van der Waals surface area contributed by atoms with E-state index >= 15 is 0 Å². The van der Waals surface area contributed by atoms with Gasteiger partial charge in [0.1, 0.15) is 5.75 Å². The number of methoxy groups -OCH3 is 1. The molecule has 0 saturated carbocycles. The van der Waals surface area contributed by atoms with Crippen molar-refractivity contribution < 1.29 is 14.3 Å². The lowest BCUT2D eigenvalue weighted by Gasteiger charge is -2.32. The van der Waals surface area contributed by atoms with Gasteiger partial charge in [0.25, 0.3) is 0 Å². The number of ether oxygens (including phenoxy) is 1. The molecule has 1 aromatic rings. The van der Waals surface area contributed by atoms with Crippen LogP contribution in [0.2, 0.25) is 0 Å². The predicted octanol–water partition coefficient (Wildman–Crippen LogP) is 1.64. The molecule has 6 nitrogen and oxygen atoms in total. The van der Waals surface area contributed by atoms with E-state index in [2.05, 4.69) is 11.9 Å². The summed E-state index contributed by atoms with van der Waals surface area (Å²) in [5.41, 5.74) is 0.741. The Morgan fingerprint density at radius 1 is 1.07 bits per heavy atom. The second-order valence-corrected chi connectivity index (χ2v) is 8.67. The maximum absolute atomic E-state index is 13.4. The zero-order valence-corrected chi connectivity index (χ0v) is 17.0. The number of benzene rings is 1. The van der Waals surface area contributed by atoms with Crippen LogP contribution in [0.25, 0.3) is 0 Å². The normalized spacial score (nSPS) is 27.3. The van der Waals surface area contributed by atoms with Crippen LogP contribution < -0.4 is 4.74 Å². The third kappa shape index (κ3) is 3.50. The van der Waals surface area contributed by atoms with E-state index in [1.165, 1.54) is 0 Å². The SMILES string of the molecule is COc1ccc(CCC(=O)N2C[C@@H]3CN(C)C[C@]3(C(=O)N3CCCC3)C2)cc1. The Labute approximate surface area is 167 Å². The first kappa shape index (κ1) is 19.2. The summed E-state index contributed by atoms with van der Waals surface area (Å²) in [5.74, 6) is 1.54. The molecule has 3 fully saturated rings. The molecule has 2 atom stereocenters. The maximum Gasteiger partial charge on any atom is 0.232 e. The van der Waals surface area contributed by atoms with E-state index in [9.17, 15) is 9.59 Å².